The van der Waals surface area contributed by atoms with Crippen LogP contribution in [0, 0.1) is 0 Å². The van der Waals surface area contributed by atoms with E-state index in [1.807, 2.05) is 37.3 Å². The molecular weight excluding hydrogens is 404 g/mol. The van der Waals surface area contributed by atoms with Gasteiger partial charge in [-0.05, 0) is 48.7 Å². The van der Waals surface area contributed by atoms with Crippen LogP contribution in [0.1, 0.15) is 28.4 Å². The van der Waals surface area contributed by atoms with Crippen LogP contribution in [0.3, 0.4) is 0 Å². The first-order valence-electron chi connectivity index (χ1n) is 9.77. The van der Waals surface area contributed by atoms with Gasteiger partial charge >= 0.3 is 0 Å². The van der Waals surface area contributed by atoms with Crippen molar-refractivity contribution in [2.75, 3.05) is 34.4 Å². The van der Waals surface area contributed by atoms with E-state index in [9.17, 15) is 4.79 Å². The van der Waals surface area contributed by atoms with Crippen LogP contribution in [0.4, 0.5) is 0 Å². The molecule has 0 radical (unpaired) electrons. The van der Waals surface area contributed by atoms with Crippen molar-refractivity contribution in [3.05, 3.63) is 58.1 Å². The van der Waals surface area contributed by atoms with E-state index in [1.165, 1.54) is 0 Å². The summed E-state index contributed by atoms with van der Waals surface area (Å²) in [6, 6.07) is 11.3. The van der Waals surface area contributed by atoms with Crippen LogP contribution in [-0.2, 0) is 13.0 Å². The number of rotatable bonds is 9. The predicted molar refractivity (Wildman–Crippen MR) is 121 cm³/mol. The number of benzene rings is 2. The molecular formula is C22H29ClN4O3. The minimum atomic E-state index is -0.0910. The highest BCUT2D eigenvalue weighted by Gasteiger charge is 2.12. The standard InChI is InChI=1S/C22H29ClN4O3/c1-5-30-20-18(23)12-16(13-19(20)29-4)14-27-22(25-3)26-10-9-15-7-6-8-17(11-15)21(28)24-2/h6-8,11-13H,5,9-10,14H2,1-4H3,(H,24,28)(H2,25,26,27). The van der Waals surface area contributed by atoms with Gasteiger partial charge in [0, 0.05) is 32.7 Å². The fourth-order valence-electron chi connectivity index (χ4n) is 2.90. The lowest BCUT2D eigenvalue weighted by atomic mass is 10.1. The SMILES string of the molecule is CCOc1c(Cl)cc(CNC(=NC)NCCc2cccc(C(=O)NC)c2)cc1OC. The third-order valence-electron chi connectivity index (χ3n) is 4.38. The van der Waals surface area contributed by atoms with Gasteiger partial charge in [-0.25, -0.2) is 0 Å². The van der Waals surface area contributed by atoms with E-state index >= 15 is 0 Å². The number of carbonyl (C=O) groups is 1. The molecule has 0 aromatic heterocycles. The fraction of sp³-hybridized carbons (Fsp3) is 0.364. The van der Waals surface area contributed by atoms with Crippen LogP contribution < -0.4 is 25.4 Å². The van der Waals surface area contributed by atoms with Crippen molar-refractivity contribution in [2.24, 2.45) is 4.99 Å². The lowest BCUT2D eigenvalue weighted by molar-refractivity contribution is 0.0963. The molecule has 0 aliphatic rings. The molecule has 0 saturated heterocycles. The second-order valence-electron chi connectivity index (χ2n) is 6.42. The monoisotopic (exact) mass is 432 g/mol. The number of ether oxygens (including phenoxy) is 2. The molecule has 0 heterocycles. The number of hydrogen-bond acceptors (Lipinski definition) is 4. The number of aliphatic imine (C=N–C) groups is 1. The molecule has 0 aliphatic heterocycles. The van der Waals surface area contributed by atoms with Crippen molar-refractivity contribution in [2.45, 2.75) is 19.9 Å². The Hall–Kier alpha value is -2.93. The maximum absolute atomic E-state index is 11.8. The van der Waals surface area contributed by atoms with Gasteiger partial charge in [0.2, 0.25) is 0 Å². The molecule has 162 valence electrons. The van der Waals surface area contributed by atoms with Gasteiger partial charge in [-0.3, -0.25) is 9.79 Å². The zero-order valence-electron chi connectivity index (χ0n) is 17.8. The average molecular weight is 433 g/mol. The number of amides is 1. The summed E-state index contributed by atoms with van der Waals surface area (Å²) < 4.78 is 10.9. The first-order valence-corrected chi connectivity index (χ1v) is 10.1. The van der Waals surface area contributed by atoms with Gasteiger partial charge in [0.05, 0.1) is 18.7 Å². The number of halogens is 1. The van der Waals surface area contributed by atoms with E-state index in [1.54, 1.807) is 27.3 Å². The first kappa shape index (κ1) is 23.3. The summed E-state index contributed by atoms with van der Waals surface area (Å²) in [7, 11) is 4.93. The van der Waals surface area contributed by atoms with Crippen LogP contribution in [-0.4, -0.2) is 46.2 Å². The second-order valence-corrected chi connectivity index (χ2v) is 6.83. The molecule has 0 unspecified atom stereocenters. The Labute approximate surface area is 182 Å². The summed E-state index contributed by atoms with van der Waals surface area (Å²) >= 11 is 6.33. The van der Waals surface area contributed by atoms with E-state index in [4.69, 9.17) is 21.1 Å². The van der Waals surface area contributed by atoms with Crippen molar-refractivity contribution >= 4 is 23.5 Å². The van der Waals surface area contributed by atoms with Gasteiger partial charge < -0.3 is 25.4 Å². The highest BCUT2D eigenvalue weighted by atomic mass is 35.5. The molecule has 2 aromatic rings. The number of carbonyl (C=O) groups excluding carboxylic acids is 1. The van der Waals surface area contributed by atoms with Crippen molar-refractivity contribution in [1.29, 1.82) is 0 Å². The van der Waals surface area contributed by atoms with Crippen molar-refractivity contribution in [3.63, 3.8) is 0 Å². The van der Waals surface area contributed by atoms with Gasteiger partial charge in [0.1, 0.15) is 0 Å². The van der Waals surface area contributed by atoms with Crippen molar-refractivity contribution in [1.82, 2.24) is 16.0 Å². The van der Waals surface area contributed by atoms with Crippen molar-refractivity contribution in [3.8, 4) is 11.5 Å². The molecule has 2 aromatic carbocycles. The molecule has 0 fully saturated rings. The number of nitrogens with zero attached hydrogens (tertiary/aromatic N) is 1. The maximum Gasteiger partial charge on any atom is 0.251 e. The van der Waals surface area contributed by atoms with Crippen LogP contribution in [0.2, 0.25) is 5.02 Å². The molecule has 8 heteroatoms. The Kier molecular flexibility index (Phi) is 9.28. The molecule has 2 rings (SSSR count). The topological polar surface area (TPSA) is 84.0 Å². The highest BCUT2D eigenvalue weighted by Crippen LogP contribution is 2.36. The van der Waals surface area contributed by atoms with E-state index in [2.05, 4.69) is 20.9 Å². The normalized spacial score (nSPS) is 11.0. The summed E-state index contributed by atoms with van der Waals surface area (Å²) in [6.07, 6.45) is 0.758. The van der Waals surface area contributed by atoms with Crippen LogP contribution in [0.25, 0.3) is 0 Å². The quantitative estimate of drug-likeness (QED) is 0.419. The third-order valence-corrected chi connectivity index (χ3v) is 4.66. The molecule has 30 heavy (non-hydrogen) atoms. The summed E-state index contributed by atoms with van der Waals surface area (Å²) in [5, 5.41) is 9.68. The minimum Gasteiger partial charge on any atom is -0.493 e. The van der Waals surface area contributed by atoms with Gasteiger partial charge in [-0.2, -0.15) is 0 Å². The molecule has 0 aliphatic carbocycles. The molecule has 0 spiro atoms. The van der Waals surface area contributed by atoms with Gasteiger partial charge in [0.15, 0.2) is 17.5 Å². The van der Waals surface area contributed by atoms with Crippen LogP contribution in [0.5, 0.6) is 11.5 Å². The van der Waals surface area contributed by atoms with E-state index in [-0.39, 0.29) is 5.91 Å². The molecule has 7 nitrogen and oxygen atoms in total. The first-order chi connectivity index (χ1) is 14.5. The highest BCUT2D eigenvalue weighted by molar-refractivity contribution is 6.32. The van der Waals surface area contributed by atoms with Crippen molar-refractivity contribution < 1.29 is 14.3 Å². The van der Waals surface area contributed by atoms with Gasteiger partial charge in [0.25, 0.3) is 5.91 Å². The number of hydrogen-bond donors (Lipinski definition) is 3. The number of guanidine groups is 1. The molecule has 0 atom stereocenters. The number of methoxy groups -OCH3 is 1. The average Bonchev–Trinajstić information content (AvgIpc) is 2.77. The zero-order valence-corrected chi connectivity index (χ0v) is 18.6. The second kappa shape index (κ2) is 11.9. The largest absolute Gasteiger partial charge is 0.493 e. The van der Waals surface area contributed by atoms with Crippen LogP contribution >= 0.6 is 11.6 Å². The Morgan fingerprint density at radius 3 is 2.63 bits per heavy atom. The Balaban J connectivity index is 1.91. The van der Waals surface area contributed by atoms with Gasteiger partial charge in [-0.1, -0.05) is 23.7 Å². The Morgan fingerprint density at radius 2 is 1.97 bits per heavy atom. The summed E-state index contributed by atoms with van der Waals surface area (Å²) in [5.41, 5.74) is 2.67. The van der Waals surface area contributed by atoms with Gasteiger partial charge in [-0.15, -0.1) is 0 Å². The molecule has 0 bridgehead atoms. The Bertz CT molecular complexity index is 887. The molecule has 1 amide bonds. The zero-order chi connectivity index (χ0) is 21.9. The smallest absolute Gasteiger partial charge is 0.251 e. The van der Waals surface area contributed by atoms with Crippen LogP contribution in [0.15, 0.2) is 41.4 Å². The summed E-state index contributed by atoms with van der Waals surface area (Å²) in [4.78, 5) is 16.0. The predicted octanol–water partition coefficient (Wildman–Crippen LogP) is 3.01. The maximum atomic E-state index is 11.8. The van der Waals surface area contributed by atoms with E-state index in [0.717, 1.165) is 17.5 Å². The summed E-state index contributed by atoms with van der Waals surface area (Å²) in [6.45, 7) is 3.60. The number of nitrogens with one attached hydrogen (secondary N) is 3. The lowest BCUT2D eigenvalue weighted by Crippen LogP contribution is -2.37. The lowest BCUT2D eigenvalue weighted by Gasteiger charge is -2.15. The summed E-state index contributed by atoms with van der Waals surface area (Å²) in [5.74, 6) is 1.72. The third kappa shape index (κ3) is 6.56. The Morgan fingerprint density at radius 1 is 1.17 bits per heavy atom. The fourth-order valence-corrected chi connectivity index (χ4v) is 3.19. The minimum absolute atomic E-state index is 0.0910. The molecule has 3 N–H and O–H groups in total. The molecule has 0 saturated carbocycles. The van der Waals surface area contributed by atoms with E-state index < -0.39 is 0 Å². The van der Waals surface area contributed by atoms with E-state index in [0.29, 0.717) is 47.7 Å².